The molecule has 0 aromatic rings. The van der Waals surface area contributed by atoms with Crippen molar-refractivity contribution in [1.29, 1.82) is 0 Å². The Kier molecular flexibility index (Phi) is 15.2. The van der Waals surface area contributed by atoms with Crippen LogP contribution in [0.5, 0.6) is 0 Å². The van der Waals surface area contributed by atoms with Gasteiger partial charge in [0.05, 0.1) is 17.8 Å². The number of nitrogens with zero attached hydrogens (tertiary/aromatic N) is 1. The van der Waals surface area contributed by atoms with E-state index in [4.69, 9.17) is 6.42 Å². The van der Waals surface area contributed by atoms with Crippen LogP contribution in [0.3, 0.4) is 0 Å². The van der Waals surface area contributed by atoms with Gasteiger partial charge in [0.1, 0.15) is 0 Å². The molecule has 1 radical (unpaired) electrons. The van der Waals surface area contributed by atoms with E-state index in [0.717, 1.165) is 30.8 Å². The van der Waals surface area contributed by atoms with Crippen molar-refractivity contribution in [1.82, 2.24) is 4.90 Å². The molecule has 0 amide bonds. The van der Waals surface area contributed by atoms with Crippen LogP contribution in [0.4, 0.5) is 0 Å². The van der Waals surface area contributed by atoms with Crippen molar-refractivity contribution in [2.24, 2.45) is 0 Å². The SMILES string of the molecule is C#CCC(=C=C)N(CC[CH2])C(=C=C)CCCCCCCCCCC. The Balaban J connectivity index is 4.22. The molecule has 0 saturated heterocycles. The first-order valence-corrected chi connectivity index (χ1v) is 9.53. The lowest BCUT2D eigenvalue weighted by Crippen LogP contribution is -2.22. The summed E-state index contributed by atoms with van der Waals surface area (Å²) in [7, 11) is 0. The molecule has 0 rings (SSSR count). The number of allylic oxidation sites excluding steroid dienone is 2. The Morgan fingerprint density at radius 1 is 0.875 bits per heavy atom. The molecule has 1 nitrogen and oxygen atoms in total. The first-order chi connectivity index (χ1) is 11.7. The molecule has 0 atom stereocenters. The van der Waals surface area contributed by atoms with Crippen LogP contribution in [-0.4, -0.2) is 11.4 Å². The summed E-state index contributed by atoms with van der Waals surface area (Å²) < 4.78 is 0. The third kappa shape index (κ3) is 10.2. The van der Waals surface area contributed by atoms with Gasteiger partial charge in [-0.25, -0.2) is 0 Å². The van der Waals surface area contributed by atoms with Crippen LogP contribution < -0.4 is 0 Å². The minimum absolute atomic E-state index is 0.534. The zero-order valence-corrected chi connectivity index (χ0v) is 15.8. The van der Waals surface area contributed by atoms with Gasteiger partial charge in [0, 0.05) is 6.54 Å². The lowest BCUT2D eigenvalue weighted by Gasteiger charge is -2.26. The van der Waals surface area contributed by atoms with Crippen LogP contribution in [0, 0.1) is 19.3 Å². The fourth-order valence-corrected chi connectivity index (χ4v) is 2.86. The standard InChI is InChI=1S/C23H36N/c1-6-11-12-13-14-15-16-17-18-20-23(10-5)24(21-8-3)22(9-4)19-7-2/h2H,3-6,8,11-21H2,1H3. The van der Waals surface area contributed by atoms with E-state index in [1.807, 2.05) is 0 Å². The highest BCUT2D eigenvalue weighted by molar-refractivity contribution is 5.16. The van der Waals surface area contributed by atoms with Gasteiger partial charge in [-0.1, -0.05) is 84.3 Å². The number of unbranched alkanes of at least 4 members (excludes halogenated alkanes) is 8. The molecule has 0 N–H and O–H groups in total. The fraction of sp³-hybridized carbons (Fsp3) is 0.609. The van der Waals surface area contributed by atoms with Crippen LogP contribution in [0.2, 0.25) is 0 Å². The summed E-state index contributed by atoms with van der Waals surface area (Å²) in [5.74, 6) is 2.68. The summed E-state index contributed by atoms with van der Waals surface area (Å²) in [6.45, 7) is 14.7. The van der Waals surface area contributed by atoms with Gasteiger partial charge in [-0.3, -0.25) is 0 Å². The maximum atomic E-state index is 5.45. The molecule has 0 saturated carbocycles. The van der Waals surface area contributed by atoms with E-state index in [1.54, 1.807) is 0 Å². The van der Waals surface area contributed by atoms with Gasteiger partial charge in [0.25, 0.3) is 0 Å². The third-order valence-corrected chi connectivity index (χ3v) is 4.23. The minimum atomic E-state index is 0.534. The average molecular weight is 327 g/mol. The van der Waals surface area contributed by atoms with Crippen molar-refractivity contribution in [3.63, 3.8) is 0 Å². The van der Waals surface area contributed by atoms with E-state index in [9.17, 15) is 0 Å². The van der Waals surface area contributed by atoms with Crippen LogP contribution in [0.25, 0.3) is 0 Å². The maximum absolute atomic E-state index is 5.45. The zero-order chi connectivity index (χ0) is 18.0. The van der Waals surface area contributed by atoms with E-state index >= 15 is 0 Å². The number of hydrogen-bond acceptors (Lipinski definition) is 1. The van der Waals surface area contributed by atoms with Crippen LogP contribution >= 0.6 is 0 Å². The van der Waals surface area contributed by atoms with Crippen LogP contribution in [0.1, 0.15) is 84.0 Å². The quantitative estimate of drug-likeness (QED) is 0.182. The molecule has 0 aliphatic carbocycles. The van der Waals surface area contributed by atoms with E-state index in [2.05, 4.69) is 49.3 Å². The van der Waals surface area contributed by atoms with E-state index < -0.39 is 0 Å². The molecule has 0 spiro atoms. The first kappa shape index (κ1) is 22.4. The van der Waals surface area contributed by atoms with E-state index in [-0.39, 0.29) is 0 Å². The van der Waals surface area contributed by atoms with Gasteiger partial charge in [0.2, 0.25) is 0 Å². The van der Waals surface area contributed by atoms with Gasteiger partial charge in [-0.2, -0.15) is 0 Å². The Bertz CT molecular complexity index is 453. The Labute approximate surface area is 151 Å². The van der Waals surface area contributed by atoms with Crippen LogP contribution in [-0.2, 0) is 0 Å². The second-order valence-electron chi connectivity index (χ2n) is 6.21. The number of hydrogen-bond donors (Lipinski definition) is 0. The molecular formula is C23H36N. The van der Waals surface area contributed by atoms with E-state index in [0.29, 0.717) is 6.42 Å². The van der Waals surface area contributed by atoms with E-state index in [1.165, 1.54) is 57.8 Å². The lowest BCUT2D eigenvalue weighted by molar-refractivity contribution is 0.405. The normalized spacial score (nSPS) is 9.71. The second-order valence-corrected chi connectivity index (χ2v) is 6.21. The molecule has 24 heavy (non-hydrogen) atoms. The molecule has 133 valence electrons. The summed E-state index contributed by atoms with van der Waals surface area (Å²) in [5, 5.41) is 0. The van der Waals surface area contributed by atoms with Gasteiger partial charge >= 0.3 is 0 Å². The van der Waals surface area contributed by atoms with Crippen molar-refractivity contribution in [3.8, 4) is 12.3 Å². The van der Waals surface area contributed by atoms with Crippen molar-refractivity contribution in [2.45, 2.75) is 84.0 Å². The molecule has 0 aromatic carbocycles. The topological polar surface area (TPSA) is 3.24 Å². The number of rotatable bonds is 15. The predicted molar refractivity (Wildman–Crippen MR) is 107 cm³/mol. The molecule has 1 heteroatoms. The smallest absolute Gasteiger partial charge is 0.0725 e. The van der Waals surface area contributed by atoms with Crippen molar-refractivity contribution >= 4 is 0 Å². The van der Waals surface area contributed by atoms with Gasteiger partial charge < -0.3 is 4.90 Å². The highest BCUT2D eigenvalue weighted by atomic mass is 15.1. The van der Waals surface area contributed by atoms with Gasteiger partial charge in [-0.15, -0.1) is 17.9 Å². The summed E-state index contributed by atoms with van der Waals surface area (Å²) in [6, 6.07) is 0. The highest BCUT2D eigenvalue weighted by Crippen LogP contribution is 2.20. The zero-order valence-electron chi connectivity index (χ0n) is 15.8. The molecule has 0 unspecified atom stereocenters. The summed E-state index contributed by atoms with van der Waals surface area (Å²) in [6.07, 6.45) is 19.7. The average Bonchev–Trinajstić information content (AvgIpc) is 2.60. The Morgan fingerprint density at radius 2 is 1.42 bits per heavy atom. The summed E-state index contributed by atoms with van der Waals surface area (Å²) in [5.41, 5.74) is 8.10. The summed E-state index contributed by atoms with van der Waals surface area (Å²) >= 11 is 0. The Morgan fingerprint density at radius 3 is 1.88 bits per heavy atom. The molecule has 0 heterocycles. The molecule has 0 bridgehead atoms. The lowest BCUT2D eigenvalue weighted by atomic mass is 10.1. The van der Waals surface area contributed by atoms with Gasteiger partial charge in [-0.05, 0) is 19.3 Å². The Hall–Kier alpha value is -1.60. The van der Waals surface area contributed by atoms with Crippen LogP contribution in [0.15, 0.2) is 36.0 Å². The molecule has 0 aliphatic rings. The maximum Gasteiger partial charge on any atom is 0.0725 e. The monoisotopic (exact) mass is 326 g/mol. The molecule has 0 aromatic heterocycles. The molecule has 0 aliphatic heterocycles. The largest absolute Gasteiger partial charge is 0.335 e. The second kappa shape index (κ2) is 16.3. The molecule has 0 fully saturated rings. The summed E-state index contributed by atoms with van der Waals surface area (Å²) in [4.78, 5) is 2.15. The first-order valence-electron chi connectivity index (χ1n) is 9.53. The van der Waals surface area contributed by atoms with Crippen molar-refractivity contribution in [2.75, 3.05) is 6.54 Å². The predicted octanol–water partition coefficient (Wildman–Crippen LogP) is 6.79. The number of terminal acetylenes is 1. The van der Waals surface area contributed by atoms with Crippen molar-refractivity contribution < 1.29 is 0 Å². The van der Waals surface area contributed by atoms with Gasteiger partial charge in [0.15, 0.2) is 0 Å². The fourth-order valence-electron chi connectivity index (χ4n) is 2.86. The molecular weight excluding hydrogens is 290 g/mol. The van der Waals surface area contributed by atoms with Crippen molar-refractivity contribution in [3.05, 3.63) is 42.9 Å². The minimum Gasteiger partial charge on any atom is -0.335 e. The highest BCUT2D eigenvalue weighted by Gasteiger charge is 2.12. The third-order valence-electron chi connectivity index (χ3n) is 4.23.